The molecule has 0 bridgehead atoms. The molecule has 0 N–H and O–H groups in total. The van der Waals surface area contributed by atoms with Crippen LogP contribution in [0.3, 0.4) is 0 Å². The first-order valence-electron chi connectivity index (χ1n) is 8.44. The van der Waals surface area contributed by atoms with Gasteiger partial charge in [-0.05, 0) is 43.5 Å². The fraction of sp³-hybridized carbons (Fsp3) is 0.182. The van der Waals surface area contributed by atoms with Crippen molar-refractivity contribution in [1.29, 1.82) is 0 Å². The van der Waals surface area contributed by atoms with Gasteiger partial charge in [-0.15, -0.1) is 0 Å². The summed E-state index contributed by atoms with van der Waals surface area (Å²) in [6, 6.07) is 20.4. The molecule has 0 saturated heterocycles. The summed E-state index contributed by atoms with van der Waals surface area (Å²) >= 11 is 0. The van der Waals surface area contributed by atoms with E-state index in [1.807, 2.05) is 12.1 Å². The number of hydrogen-bond donors (Lipinski definition) is 0. The number of pyridine rings is 1. The number of benzene rings is 2. The topological polar surface area (TPSA) is 39.2 Å². The molecule has 0 saturated carbocycles. The molecule has 3 aromatic rings. The average Bonchev–Trinajstić information content (AvgIpc) is 2.63. The van der Waals surface area contributed by atoms with Gasteiger partial charge in [-0.1, -0.05) is 54.1 Å². The van der Waals surface area contributed by atoms with E-state index < -0.39 is 0 Å². The summed E-state index contributed by atoms with van der Waals surface area (Å²) in [7, 11) is 0. The summed E-state index contributed by atoms with van der Waals surface area (Å²) in [5, 5.41) is 0. The molecule has 1 aromatic heterocycles. The third kappa shape index (κ3) is 4.13. The SMILES string of the molecule is CCOC(=O)c1ccc(-c2ccc(C)cc2Cc2ccccc2)nc1. The largest absolute Gasteiger partial charge is 0.462 e. The molecular formula is C22H21NO2. The first kappa shape index (κ1) is 16.9. The smallest absolute Gasteiger partial charge is 0.339 e. The summed E-state index contributed by atoms with van der Waals surface area (Å²) in [4.78, 5) is 16.3. The minimum absolute atomic E-state index is 0.338. The van der Waals surface area contributed by atoms with Gasteiger partial charge in [-0.3, -0.25) is 4.98 Å². The number of esters is 1. The van der Waals surface area contributed by atoms with E-state index >= 15 is 0 Å². The number of hydrogen-bond acceptors (Lipinski definition) is 3. The van der Waals surface area contributed by atoms with Crippen molar-refractivity contribution in [3.05, 3.63) is 89.1 Å². The van der Waals surface area contributed by atoms with Crippen molar-refractivity contribution < 1.29 is 9.53 Å². The van der Waals surface area contributed by atoms with Gasteiger partial charge in [0.2, 0.25) is 0 Å². The molecule has 0 atom stereocenters. The molecule has 0 unspecified atom stereocenters. The first-order valence-corrected chi connectivity index (χ1v) is 8.44. The Morgan fingerprint density at radius 2 is 1.84 bits per heavy atom. The molecule has 3 heteroatoms. The molecule has 0 spiro atoms. The van der Waals surface area contributed by atoms with Gasteiger partial charge in [0, 0.05) is 11.8 Å². The lowest BCUT2D eigenvalue weighted by atomic mass is 9.95. The lowest BCUT2D eigenvalue weighted by Crippen LogP contribution is -2.05. The Hall–Kier alpha value is -2.94. The average molecular weight is 331 g/mol. The molecule has 25 heavy (non-hydrogen) atoms. The number of carbonyl (C=O) groups is 1. The Bertz CT molecular complexity index is 855. The number of aromatic nitrogens is 1. The Morgan fingerprint density at radius 3 is 2.52 bits per heavy atom. The van der Waals surface area contributed by atoms with Crippen LogP contribution in [0.2, 0.25) is 0 Å². The fourth-order valence-electron chi connectivity index (χ4n) is 2.82. The second-order valence-corrected chi connectivity index (χ2v) is 5.98. The number of carbonyl (C=O) groups excluding carboxylic acids is 1. The van der Waals surface area contributed by atoms with E-state index in [1.54, 1.807) is 19.2 Å². The number of aryl methyl sites for hydroxylation is 1. The van der Waals surface area contributed by atoms with Gasteiger partial charge in [0.15, 0.2) is 0 Å². The summed E-state index contributed by atoms with van der Waals surface area (Å²) in [6.45, 7) is 4.25. The van der Waals surface area contributed by atoms with Crippen molar-refractivity contribution in [3.8, 4) is 11.3 Å². The molecule has 0 aliphatic heterocycles. The van der Waals surface area contributed by atoms with Crippen LogP contribution in [-0.2, 0) is 11.2 Å². The maximum Gasteiger partial charge on any atom is 0.339 e. The van der Waals surface area contributed by atoms with Crippen LogP contribution in [0.25, 0.3) is 11.3 Å². The summed E-state index contributed by atoms with van der Waals surface area (Å²) in [6.07, 6.45) is 2.43. The normalized spacial score (nSPS) is 10.5. The zero-order chi connectivity index (χ0) is 17.6. The van der Waals surface area contributed by atoms with Crippen molar-refractivity contribution in [1.82, 2.24) is 4.98 Å². The van der Waals surface area contributed by atoms with Gasteiger partial charge in [-0.25, -0.2) is 4.79 Å². The zero-order valence-corrected chi connectivity index (χ0v) is 14.5. The third-order valence-corrected chi connectivity index (χ3v) is 4.05. The molecule has 0 aliphatic carbocycles. The minimum Gasteiger partial charge on any atom is -0.462 e. The van der Waals surface area contributed by atoms with Gasteiger partial charge in [0.05, 0.1) is 17.9 Å². The van der Waals surface area contributed by atoms with E-state index in [2.05, 4.69) is 54.4 Å². The number of ether oxygens (including phenoxy) is 1. The van der Waals surface area contributed by atoms with Crippen molar-refractivity contribution >= 4 is 5.97 Å². The number of rotatable bonds is 5. The second kappa shape index (κ2) is 7.75. The highest BCUT2D eigenvalue weighted by Gasteiger charge is 2.11. The monoisotopic (exact) mass is 331 g/mol. The molecule has 0 fully saturated rings. The molecule has 126 valence electrons. The number of nitrogens with zero attached hydrogens (tertiary/aromatic N) is 1. The maximum absolute atomic E-state index is 11.8. The highest BCUT2D eigenvalue weighted by Crippen LogP contribution is 2.25. The summed E-state index contributed by atoms with van der Waals surface area (Å²) in [5.74, 6) is -0.338. The predicted molar refractivity (Wildman–Crippen MR) is 99.6 cm³/mol. The van der Waals surface area contributed by atoms with E-state index in [0.29, 0.717) is 12.2 Å². The molecule has 1 heterocycles. The summed E-state index contributed by atoms with van der Waals surface area (Å²) < 4.78 is 5.01. The van der Waals surface area contributed by atoms with Gasteiger partial charge in [0.1, 0.15) is 0 Å². The maximum atomic E-state index is 11.8. The van der Waals surface area contributed by atoms with Crippen LogP contribution in [0.1, 0.15) is 34.0 Å². The highest BCUT2D eigenvalue weighted by molar-refractivity contribution is 5.89. The van der Waals surface area contributed by atoms with E-state index in [0.717, 1.165) is 17.7 Å². The molecule has 0 radical (unpaired) electrons. The summed E-state index contributed by atoms with van der Waals surface area (Å²) in [5.41, 5.74) is 6.13. The van der Waals surface area contributed by atoms with Crippen LogP contribution < -0.4 is 0 Å². The van der Waals surface area contributed by atoms with E-state index in [9.17, 15) is 4.79 Å². The minimum atomic E-state index is -0.338. The van der Waals surface area contributed by atoms with Crippen LogP contribution >= 0.6 is 0 Å². The zero-order valence-electron chi connectivity index (χ0n) is 14.5. The standard InChI is InChI=1S/C22H21NO2/c1-3-25-22(24)18-10-12-21(23-15-18)20-11-9-16(2)13-19(20)14-17-7-5-4-6-8-17/h4-13,15H,3,14H2,1-2H3. The van der Waals surface area contributed by atoms with Crippen molar-refractivity contribution in [2.75, 3.05) is 6.61 Å². The molecule has 3 rings (SSSR count). The van der Waals surface area contributed by atoms with E-state index in [1.165, 1.54) is 16.7 Å². The quantitative estimate of drug-likeness (QED) is 0.629. The van der Waals surface area contributed by atoms with Crippen LogP contribution in [-0.4, -0.2) is 17.6 Å². The second-order valence-electron chi connectivity index (χ2n) is 5.98. The fourth-order valence-corrected chi connectivity index (χ4v) is 2.82. The molecule has 3 nitrogen and oxygen atoms in total. The van der Waals surface area contributed by atoms with Crippen LogP contribution in [0, 0.1) is 6.92 Å². The Morgan fingerprint density at radius 1 is 1.04 bits per heavy atom. The van der Waals surface area contributed by atoms with E-state index in [-0.39, 0.29) is 5.97 Å². The lowest BCUT2D eigenvalue weighted by Gasteiger charge is -2.11. The predicted octanol–water partition coefficient (Wildman–Crippen LogP) is 4.82. The molecule has 2 aromatic carbocycles. The van der Waals surface area contributed by atoms with Gasteiger partial charge < -0.3 is 4.74 Å². The first-order chi connectivity index (χ1) is 12.2. The van der Waals surface area contributed by atoms with Crippen LogP contribution in [0.4, 0.5) is 0 Å². The lowest BCUT2D eigenvalue weighted by molar-refractivity contribution is 0.0526. The Kier molecular flexibility index (Phi) is 5.24. The molecule has 0 aliphatic rings. The van der Waals surface area contributed by atoms with Gasteiger partial charge in [-0.2, -0.15) is 0 Å². The van der Waals surface area contributed by atoms with Crippen molar-refractivity contribution in [2.45, 2.75) is 20.3 Å². The molecular weight excluding hydrogens is 310 g/mol. The van der Waals surface area contributed by atoms with Gasteiger partial charge >= 0.3 is 5.97 Å². The Labute approximate surface area is 148 Å². The molecule has 0 amide bonds. The van der Waals surface area contributed by atoms with E-state index in [4.69, 9.17) is 4.74 Å². The van der Waals surface area contributed by atoms with Crippen LogP contribution in [0.15, 0.2) is 66.9 Å². The Balaban J connectivity index is 1.93. The van der Waals surface area contributed by atoms with Crippen molar-refractivity contribution in [3.63, 3.8) is 0 Å². The van der Waals surface area contributed by atoms with Crippen LogP contribution in [0.5, 0.6) is 0 Å². The third-order valence-electron chi connectivity index (χ3n) is 4.05. The highest BCUT2D eigenvalue weighted by atomic mass is 16.5. The van der Waals surface area contributed by atoms with Crippen molar-refractivity contribution in [2.24, 2.45) is 0 Å². The van der Waals surface area contributed by atoms with Gasteiger partial charge in [0.25, 0.3) is 0 Å².